The van der Waals surface area contributed by atoms with Crippen LogP contribution in [0, 0.1) is 6.92 Å². The smallest absolute Gasteiger partial charge is 0.257 e. The van der Waals surface area contributed by atoms with Crippen molar-refractivity contribution in [2.45, 2.75) is 6.92 Å². The summed E-state index contributed by atoms with van der Waals surface area (Å²) in [6.07, 6.45) is 3.17. The summed E-state index contributed by atoms with van der Waals surface area (Å²) in [4.78, 5) is 16.1. The second-order valence-corrected chi connectivity index (χ2v) is 5.60. The molecule has 0 aliphatic rings. The SMILES string of the molecule is COc1ccc(C)cc1Nc1ccc(NC(=O)c2cccnc2)cc1. The maximum absolute atomic E-state index is 12.1. The molecule has 3 aromatic rings. The maximum atomic E-state index is 12.1. The predicted molar refractivity (Wildman–Crippen MR) is 99.6 cm³/mol. The van der Waals surface area contributed by atoms with Gasteiger partial charge in [0.05, 0.1) is 18.4 Å². The first-order valence-electron chi connectivity index (χ1n) is 7.89. The highest BCUT2D eigenvalue weighted by atomic mass is 16.5. The number of carbonyl (C=O) groups is 1. The number of hydrogen-bond acceptors (Lipinski definition) is 4. The minimum Gasteiger partial charge on any atom is -0.495 e. The molecular formula is C20H19N3O2. The second-order valence-electron chi connectivity index (χ2n) is 5.60. The molecule has 2 N–H and O–H groups in total. The third-order valence-electron chi connectivity index (χ3n) is 3.70. The van der Waals surface area contributed by atoms with E-state index < -0.39 is 0 Å². The Balaban J connectivity index is 1.70. The number of aryl methyl sites for hydroxylation is 1. The molecule has 0 aliphatic carbocycles. The van der Waals surface area contributed by atoms with Crippen LogP contribution in [0.2, 0.25) is 0 Å². The number of methoxy groups -OCH3 is 1. The number of benzene rings is 2. The number of pyridine rings is 1. The minimum atomic E-state index is -0.186. The molecule has 0 spiro atoms. The molecule has 0 radical (unpaired) electrons. The Hall–Kier alpha value is -3.34. The number of ether oxygens (including phenoxy) is 1. The third-order valence-corrected chi connectivity index (χ3v) is 3.70. The highest BCUT2D eigenvalue weighted by Crippen LogP contribution is 2.29. The van der Waals surface area contributed by atoms with E-state index in [4.69, 9.17) is 4.74 Å². The Labute approximate surface area is 146 Å². The molecule has 0 saturated heterocycles. The van der Waals surface area contributed by atoms with E-state index >= 15 is 0 Å². The average molecular weight is 333 g/mol. The lowest BCUT2D eigenvalue weighted by molar-refractivity contribution is 0.102. The molecule has 1 heterocycles. The van der Waals surface area contributed by atoms with Gasteiger partial charge >= 0.3 is 0 Å². The van der Waals surface area contributed by atoms with Gasteiger partial charge < -0.3 is 15.4 Å². The lowest BCUT2D eigenvalue weighted by atomic mass is 10.2. The zero-order valence-corrected chi connectivity index (χ0v) is 14.1. The summed E-state index contributed by atoms with van der Waals surface area (Å²) >= 11 is 0. The van der Waals surface area contributed by atoms with E-state index in [1.54, 1.807) is 25.4 Å². The number of anilines is 3. The van der Waals surface area contributed by atoms with Crippen molar-refractivity contribution in [3.8, 4) is 5.75 Å². The fourth-order valence-corrected chi connectivity index (χ4v) is 2.41. The van der Waals surface area contributed by atoms with E-state index in [-0.39, 0.29) is 5.91 Å². The number of rotatable bonds is 5. The van der Waals surface area contributed by atoms with E-state index in [0.29, 0.717) is 5.56 Å². The molecule has 5 nitrogen and oxygen atoms in total. The molecule has 5 heteroatoms. The molecule has 0 fully saturated rings. The number of nitrogens with zero attached hydrogens (tertiary/aromatic N) is 1. The molecule has 0 aliphatic heterocycles. The molecular weight excluding hydrogens is 314 g/mol. The first kappa shape index (κ1) is 16.5. The van der Waals surface area contributed by atoms with Crippen LogP contribution >= 0.6 is 0 Å². The number of carbonyl (C=O) groups excluding carboxylic acids is 1. The Morgan fingerprint density at radius 2 is 1.80 bits per heavy atom. The van der Waals surface area contributed by atoms with Crippen LogP contribution < -0.4 is 15.4 Å². The molecule has 3 rings (SSSR count). The van der Waals surface area contributed by atoms with E-state index in [9.17, 15) is 4.79 Å². The van der Waals surface area contributed by atoms with Gasteiger partial charge in [-0.1, -0.05) is 6.07 Å². The number of hydrogen-bond donors (Lipinski definition) is 2. The van der Waals surface area contributed by atoms with Crippen molar-refractivity contribution in [2.75, 3.05) is 17.7 Å². The lowest BCUT2D eigenvalue weighted by Crippen LogP contribution is -2.11. The standard InChI is InChI=1S/C20H19N3O2/c1-14-5-10-19(25-2)18(12-14)22-16-6-8-17(9-7-16)23-20(24)15-4-3-11-21-13-15/h3-13,22H,1-2H3,(H,23,24). The lowest BCUT2D eigenvalue weighted by Gasteiger charge is -2.12. The Morgan fingerprint density at radius 1 is 1.04 bits per heavy atom. The fraction of sp³-hybridized carbons (Fsp3) is 0.100. The molecule has 1 aromatic heterocycles. The van der Waals surface area contributed by atoms with Crippen molar-refractivity contribution in [3.63, 3.8) is 0 Å². The van der Waals surface area contributed by atoms with E-state index in [1.807, 2.05) is 49.4 Å². The normalized spacial score (nSPS) is 10.2. The van der Waals surface area contributed by atoms with Gasteiger partial charge in [-0.15, -0.1) is 0 Å². The van der Waals surface area contributed by atoms with E-state index in [2.05, 4.69) is 15.6 Å². The first-order chi connectivity index (χ1) is 12.2. The van der Waals surface area contributed by atoms with Gasteiger partial charge in [0.1, 0.15) is 5.75 Å². The topological polar surface area (TPSA) is 63.2 Å². The Morgan fingerprint density at radius 3 is 2.48 bits per heavy atom. The van der Waals surface area contributed by atoms with E-state index in [1.165, 1.54) is 6.20 Å². The van der Waals surface area contributed by atoms with Crippen LogP contribution in [-0.4, -0.2) is 18.0 Å². The summed E-state index contributed by atoms with van der Waals surface area (Å²) in [5.74, 6) is 0.591. The monoisotopic (exact) mass is 333 g/mol. The second kappa shape index (κ2) is 7.49. The van der Waals surface area contributed by atoms with Crippen LogP contribution in [-0.2, 0) is 0 Å². The largest absolute Gasteiger partial charge is 0.495 e. The van der Waals surface area contributed by atoms with Gasteiger partial charge in [0.2, 0.25) is 0 Å². The summed E-state index contributed by atoms with van der Waals surface area (Å²) in [7, 11) is 1.65. The molecule has 0 atom stereocenters. The van der Waals surface area contributed by atoms with Crippen molar-refractivity contribution in [2.24, 2.45) is 0 Å². The summed E-state index contributed by atoms with van der Waals surface area (Å²) in [6, 6.07) is 16.9. The highest BCUT2D eigenvalue weighted by molar-refractivity contribution is 6.04. The van der Waals surface area contributed by atoms with Gasteiger partial charge in [-0.05, 0) is 61.0 Å². The fourth-order valence-electron chi connectivity index (χ4n) is 2.41. The predicted octanol–water partition coefficient (Wildman–Crippen LogP) is 4.39. The molecule has 25 heavy (non-hydrogen) atoms. The first-order valence-corrected chi connectivity index (χ1v) is 7.89. The Bertz CT molecular complexity index is 862. The Kier molecular flexibility index (Phi) is 4.95. The van der Waals surface area contributed by atoms with Gasteiger partial charge in [0, 0.05) is 23.8 Å². The third kappa shape index (κ3) is 4.14. The average Bonchev–Trinajstić information content (AvgIpc) is 2.64. The molecule has 126 valence electrons. The molecule has 2 aromatic carbocycles. The van der Waals surface area contributed by atoms with Crippen LogP contribution in [0.4, 0.5) is 17.1 Å². The van der Waals surface area contributed by atoms with Crippen LogP contribution in [0.1, 0.15) is 15.9 Å². The van der Waals surface area contributed by atoms with Gasteiger partial charge in [0.15, 0.2) is 0 Å². The van der Waals surface area contributed by atoms with Crippen molar-refractivity contribution in [1.82, 2.24) is 4.98 Å². The number of amides is 1. The van der Waals surface area contributed by atoms with Crippen LogP contribution in [0.5, 0.6) is 5.75 Å². The summed E-state index contributed by atoms with van der Waals surface area (Å²) in [5.41, 5.74) is 4.19. The number of nitrogens with one attached hydrogen (secondary N) is 2. The van der Waals surface area contributed by atoms with Crippen molar-refractivity contribution in [3.05, 3.63) is 78.1 Å². The van der Waals surface area contributed by atoms with Crippen molar-refractivity contribution >= 4 is 23.0 Å². The summed E-state index contributed by atoms with van der Waals surface area (Å²) in [6.45, 7) is 2.03. The van der Waals surface area contributed by atoms with Crippen molar-refractivity contribution in [1.29, 1.82) is 0 Å². The van der Waals surface area contributed by atoms with Gasteiger partial charge in [0.25, 0.3) is 5.91 Å². The zero-order chi connectivity index (χ0) is 17.6. The van der Waals surface area contributed by atoms with Crippen LogP contribution in [0.25, 0.3) is 0 Å². The van der Waals surface area contributed by atoms with Gasteiger partial charge in [-0.3, -0.25) is 9.78 Å². The number of aromatic nitrogens is 1. The van der Waals surface area contributed by atoms with Crippen molar-refractivity contribution < 1.29 is 9.53 Å². The van der Waals surface area contributed by atoms with Crippen LogP contribution in [0.15, 0.2) is 67.0 Å². The summed E-state index contributed by atoms with van der Waals surface area (Å²) < 4.78 is 5.37. The summed E-state index contributed by atoms with van der Waals surface area (Å²) in [5, 5.41) is 6.18. The van der Waals surface area contributed by atoms with Gasteiger partial charge in [-0.2, -0.15) is 0 Å². The maximum Gasteiger partial charge on any atom is 0.257 e. The van der Waals surface area contributed by atoms with Crippen LogP contribution in [0.3, 0.4) is 0 Å². The quantitative estimate of drug-likeness (QED) is 0.727. The molecule has 1 amide bonds. The molecule has 0 unspecified atom stereocenters. The van der Waals surface area contributed by atoms with E-state index in [0.717, 1.165) is 28.4 Å². The molecule has 0 saturated carbocycles. The van der Waals surface area contributed by atoms with Gasteiger partial charge in [-0.25, -0.2) is 0 Å². The highest BCUT2D eigenvalue weighted by Gasteiger charge is 2.07. The molecule has 0 bridgehead atoms. The zero-order valence-electron chi connectivity index (χ0n) is 14.1. The minimum absolute atomic E-state index is 0.186.